The Balaban J connectivity index is 4.21. The van der Waals surface area contributed by atoms with Crippen LogP contribution in [-0.4, -0.2) is 50.6 Å². The Morgan fingerprint density at radius 1 is 0.828 bits per heavy atom. The lowest BCUT2D eigenvalue weighted by Gasteiger charge is -2.14. The van der Waals surface area contributed by atoms with Gasteiger partial charge in [-0.3, -0.25) is 20.2 Å². The molecule has 4 unspecified atom stereocenters. The molecule has 0 amide bonds. The number of hydrogen-bond acceptors (Lipinski definition) is 7. The first-order chi connectivity index (χ1) is 13.8. The van der Waals surface area contributed by atoms with Crippen molar-refractivity contribution in [3.63, 3.8) is 0 Å². The summed E-state index contributed by atoms with van der Waals surface area (Å²) >= 11 is 0. The molecule has 9 nitrogen and oxygen atoms in total. The molecule has 0 aliphatic heterocycles. The minimum Gasteiger partial charge on any atom is -0.386 e. The number of aldehydes is 1. The van der Waals surface area contributed by atoms with Gasteiger partial charge in [0, 0.05) is 29.1 Å². The van der Waals surface area contributed by atoms with Gasteiger partial charge in [0.1, 0.15) is 18.5 Å². The maximum Gasteiger partial charge on any atom is 0.241 e. The lowest BCUT2D eigenvalue weighted by Crippen LogP contribution is -2.33. The van der Waals surface area contributed by atoms with E-state index in [1.54, 1.807) is 31.2 Å². The molecule has 0 radical (unpaired) electrons. The van der Waals surface area contributed by atoms with Gasteiger partial charge in [-0.15, -0.1) is 0 Å². The van der Waals surface area contributed by atoms with Gasteiger partial charge in [0.2, 0.25) is 12.1 Å². The molecular formula is C20H34N2O7. The van der Waals surface area contributed by atoms with Crippen LogP contribution in [0.1, 0.15) is 71.1 Å². The lowest BCUT2D eigenvalue weighted by atomic mass is 10.0. The van der Waals surface area contributed by atoms with E-state index in [0.29, 0.717) is 25.7 Å². The molecule has 9 heteroatoms. The highest BCUT2D eigenvalue weighted by atomic mass is 16.6. The molecule has 0 bridgehead atoms. The molecule has 0 aromatic rings. The average Bonchev–Trinajstić information content (AvgIpc) is 2.66. The van der Waals surface area contributed by atoms with Gasteiger partial charge in [-0.1, -0.05) is 50.5 Å². The summed E-state index contributed by atoms with van der Waals surface area (Å²) in [4.78, 5) is 31.2. The van der Waals surface area contributed by atoms with E-state index < -0.39 is 34.1 Å². The maximum absolute atomic E-state index is 11.2. The van der Waals surface area contributed by atoms with Gasteiger partial charge in [-0.05, 0) is 25.7 Å². The summed E-state index contributed by atoms with van der Waals surface area (Å²) in [7, 11) is 0. The van der Waals surface area contributed by atoms with Crippen LogP contribution in [-0.2, 0) is 4.79 Å². The zero-order chi connectivity index (χ0) is 22.1. The number of unbranched alkanes of at least 4 members (excludes halogenated alkanes) is 4. The molecule has 0 heterocycles. The van der Waals surface area contributed by atoms with Crippen LogP contribution in [0.25, 0.3) is 0 Å². The molecule has 4 atom stereocenters. The van der Waals surface area contributed by atoms with E-state index in [9.17, 15) is 35.2 Å². The lowest BCUT2D eigenvalue weighted by molar-refractivity contribution is -0.534. The number of nitrogens with zero attached hydrogens (tertiary/aromatic N) is 2. The number of hydrogen-bond donors (Lipinski definition) is 2. The van der Waals surface area contributed by atoms with E-state index in [0.717, 1.165) is 25.5 Å². The van der Waals surface area contributed by atoms with Crippen LogP contribution in [0.2, 0.25) is 0 Å². The van der Waals surface area contributed by atoms with E-state index in [2.05, 4.69) is 0 Å². The van der Waals surface area contributed by atoms with Crippen LogP contribution >= 0.6 is 0 Å². The van der Waals surface area contributed by atoms with Gasteiger partial charge in [0.25, 0.3) is 0 Å². The molecule has 2 N–H and O–H groups in total. The number of aliphatic hydroxyl groups is 2. The van der Waals surface area contributed by atoms with Crippen LogP contribution in [0.15, 0.2) is 24.3 Å². The Morgan fingerprint density at radius 2 is 1.41 bits per heavy atom. The average molecular weight is 414 g/mol. The monoisotopic (exact) mass is 414 g/mol. The molecule has 0 fully saturated rings. The van der Waals surface area contributed by atoms with Crippen molar-refractivity contribution in [3.05, 3.63) is 44.5 Å². The van der Waals surface area contributed by atoms with Gasteiger partial charge in [0.15, 0.2) is 0 Å². The summed E-state index contributed by atoms with van der Waals surface area (Å²) in [5.41, 5.74) is 0. The van der Waals surface area contributed by atoms with Crippen molar-refractivity contribution in [3.8, 4) is 0 Å². The van der Waals surface area contributed by atoms with E-state index in [1.165, 1.54) is 0 Å². The number of carbonyl (C=O) groups is 1. The highest BCUT2D eigenvalue weighted by molar-refractivity contribution is 5.48. The number of aliphatic hydroxyl groups excluding tert-OH is 2. The fourth-order valence-corrected chi connectivity index (χ4v) is 2.97. The highest BCUT2D eigenvalue weighted by Crippen LogP contribution is 2.14. The fraction of sp³-hybridized carbons (Fsp3) is 0.750. The Hall–Kier alpha value is -2.13. The Labute approximate surface area is 171 Å². The van der Waals surface area contributed by atoms with Gasteiger partial charge in [0.05, 0.1) is 0 Å². The summed E-state index contributed by atoms with van der Waals surface area (Å²) < 4.78 is 0. The van der Waals surface area contributed by atoms with E-state index in [-0.39, 0.29) is 19.3 Å². The molecule has 0 aliphatic carbocycles. The normalized spacial score (nSPS) is 16.0. The van der Waals surface area contributed by atoms with Crippen LogP contribution in [0.4, 0.5) is 0 Å². The van der Waals surface area contributed by atoms with Crippen LogP contribution in [0, 0.1) is 20.2 Å². The summed E-state index contributed by atoms with van der Waals surface area (Å²) in [6.45, 7) is 1.65. The van der Waals surface area contributed by atoms with Gasteiger partial charge in [-0.25, -0.2) is 0 Å². The summed E-state index contributed by atoms with van der Waals surface area (Å²) in [6, 6.07) is -2.04. The van der Waals surface area contributed by atoms with Crippen LogP contribution in [0.3, 0.4) is 0 Å². The molecule has 0 aliphatic rings. The van der Waals surface area contributed by atoms with Crippen molar-refractivity contribution < 1.29 is 24.9 Å². The third kappa shape index (κ3) is 12.8. The molecule has 0 aromatic carbocycles. The van der Waals surface area contributed by atoms with Crippen molar-refractivity contribution >= 4 is 6.29 Å². The number of allylic oxidation sites excluding steroid dienone is 2. The largest absolute Gasteiger partial charge is 0.386 e. The Bertz CT molecular complexity index is 537. The first kappa shape index (κ1) is 26.9. The van der Waals surface area contributed by atoms with Gasteiger partial charge >= 0.3 is 0 Å². The second-order valence-electron chi connectivity index (χ2n) is 7.06. The van der Waals surface area contributed by atoms with Crippen molar-refractivity contribution in [2.24, 2.45) is 0 Å². The van der Waals surface area contributed by atoms with Gasteiger partial charge in [-0.2, -0.15) is 0 Å². The first-order valence-electron chi connectivity index (χ1n) is 10.2. The number of carbonyl (C=O) groups excluding carboxylic acids is 1. The summed E-state index contributed by atoms with van der Waals surface area (Å²) in [5.74, 6) is 0. The van der Waals surface area contributed by atoms with Crippen LogP contribution < -0.4 is 0 Å². The van der Waals surface area contributed by atoms with E-state index >= 15 is 0 Å². The Morgan fingerprint density at radius 3 is 1.97 bits per heavy atom. The highest BCUT2D eigenvalue weighted by Gasteiger charge is 2.28. The van der Waals surface area contributed by atoms with Crippen molar-refractivity contribution in [2.75, 3.05) is 0 Å². The van der Waals surface area contributed by atoms with Crippen molar-refractivity contribution in [1.82, 2.24) is 0 Å². The third-order valence-corrected chi connectivity index (χ3v) is 4.78. The second-order valence-corrected chi connectivity index (χ2v) is 7.06. The van der Waals surface area contributed by atoms with Crippen molar-refractivity contribution in [1.29, 1.82) is 0 Å². The Kier molecular flexibility index (Phi) is 15.6. The summed E-state index contributed by atoms with van der Waals surface area (Å²) in [6.07, 6.45) is 10.7. The minimum absolute atomic E-state index is 0.120. The number of rotatable bonds is 18. The molecule has 29 heavy (non-hydrogen) atoms. The first-order valence-corrected chi connectivity index (χ1v) is 10.2. The molecule has 166 valence electrons. The number of nitro groups is 2. The van der Waals surface area contributed by atoms with E-state index in [4.69, 9.17) is 0 Å². The minimum atomic E-state index is -1.06. The smallest absolute Gasteiger partial charge is 0.241 e. The van der Waals surface area contributed by atoms with E-state index in [1.807, 2.05) is 0 Å². The third-order valence-electron chi connectivity index (χ3n) is 4.78. The quantitative estimate of drug-likeness (QED) is 0.115. The molecule has 0 aromatic heterocycles. The van der Waals surface area contributed by atoms with Crippen LogP contribution in [0.5, 0.6) is 0 Å². The summed E-state index contributed by atoms with van der Waals surface area (Å²) in [5, 5.41) is 41.8. The molecular weight excluding hydrogens is 380 g/mol. The standard InChI is InChI=1S/C20H34N2O7/c1-2-17(21(26)27)19(24)14-10-6-3-5-9-13-18(22(28)29)20(25)15-11-7-4-8-12-16-23/h5-6,9-10,16-20,24-25H,2-4,7-8,11-15H2,1H3/b9-5-,10-6-. The SMILES string of the molecule is CCC(C(O)C/C=C\C/C=C\CC(C(O)CCCCCCC=O)[N+](=O)[O-])[N+](=O)[O-]. The van der Waals surface area contributed by atoms with Gasteiger partial charge < -0.3 is 15.0 Å². The van der Waals surface area contributed by atoms with Crippen molar-refractivity contribution in [2.45, 2.75) is 95.4 Å². The predicted molar refractivity (Wildman–Crippen MR) is 110 cm³/mol. The molecule has 0 saturated carbocycles. The zero-order valence-corrected chi connectivity index (χ0v) is 17.1. The maximum atomic E-state index is 11.2. The predicted octanol–water partition coefficient (Wildman–Crippen LogP) is 3.23. The topological polar surface area (TPSA) is 144 Å². The molecule has 0 rings (SSSR count). The second kappa shape index (κ2) is 16.8. The zero-order valence-electron chi connectivity index (χ0n) is 17.1. The molecule has 0 saturated heterocycles. The molecule has 0 spiro atoms. The fourth-order valence-electron chi connectivity index (χ4n) is 2.97.